The van der Waals surface area contributed by atoms with Crippen molar-refractivity contribution in [2.24, 2.45) is 0 Å². The van der Waals surface area contributed by atoms with Gasteiger partial charge in [0, 0.05) is 24.8 Å². The molecular formula is C108H66N8. The van der Waals surface area contributed by atoms with E-state index in [0.29, 0.717) is 11.1 Å². The zero-order valence-corrected chi connectivity index (χ0v) is 62.7. The summed E-state index contributed by atoms with van der Waals surface area (Å²) in [6.07, 6.45) is 7.17. The Morgan fingerprint density at radius 3 is 0.819 bits per heavy atom. The largest absolute Gasteiger partial charge is 0.255 e. The van der Waals surface area contributed by atoms with E-state index in [1.165, 1.54) is 53.9 Å². The Hall–Kier alpha value is -16.0. The minimum absolute atomic E-state index is 0.628. The monoisotopic (exact) mass is 1470 g/mol. The van der Waals surface area contributed by atoms with Gasteiger partial charge in [0.25, 0.3) is 0 Å². The van der Waals surface area contributed by atoms with E-state index in [0.717, 1.165) is 156 Å². The molecule has 0 saturated heterocycles. The summed E-state index contributed by atoms with van der Waals surface area (Å²) in [5.41, 5.74) is 24.9. The number of pyridine rings is 6. The number of nitrogens with zero attached hydrogens (tertiary/aromatic N) is 8. The third-order valence-corrected chi connectivity index (χ3v) is 22.2. The van der Waals surface area contributed by atoms with Gasteiger partial charge >= 0.3 is 0 Å². The fourth-order valence-electron chi connectivity index (χ4n) is 16.7. The third-order valence-electron chi connectivity index (χ3n) is 22.2. The lowest BCUT2D eigenvalue weighted by atomic mass is 9.88. The van der Waals surface area contributed by atoms with Crippen LogP contribution in [-0.2, 0) is 0 Å². The summed E-state index contributed by atoms with van der Waals surface area (Å²) in [7, 11) is 0. The second-order valence-electron chi connectivity index (χ2n) is 29.0. The molecule has 8 heteroatoms. The smallest absolute Gasteiger partial charge is 0.0992 e. The molecule has 15 aromatic carbocycles. The summed E-state index contributed by atoms with van der Waals surface area (Å²) < 4.78 is 0. The van der Waals surface area contributed by atoms with E-state index in [4.69, 9.17) is 9.97 Å². The van der Waals surface area contributed by atoms with E-state index in [2.05, 4.69) is 311 Å². The molecular weight excluding hydrogens is 1410 g/mol. The number of hydrogen-bond acceptors (Lipinski definition) is 8. The van der Waals surface area contributed by atoms with Gasteiger partial charge in [-0.1, -0.05) is 255 Å². The Bertz CT molecular complexity index is 7350. The van der Waals surface area contributed by atoms with Crippen molar-refractivity contribution in [1.29, 1.82) is 10.5 Å². The maximum atomic E-state index is 10.3. The van der Waals surface area contributed by atoms with Gasteiger partial charge in [0.05, 0.1) is 68.8 Å². The van der Waals surface area contributed by atoms with Gasteiger partial charge in [-0.15, -0.1) is 0 Å². The summed E-state index contributed by atoms with van der Waals surface area (Å²) in [5, 5.41) is 37.3. The zero-order chi connectivity index (χ0) is 77.4. The number of benzene rings is 15. The summed E-state index contributed by atoms with van der Waals surface area (Å²) >= 11 is 0. The van der Waals surface area contributed by atoms with E-state index >= 15 is 0 Å². The Morgan fingerprint density at radius 2 is 0.440 bits per heavy atom. The normalized spacial score (nSPS) is 11.3. The van der Waals surface area contributed by atoms with Gasteiger partial charge < -0.3 is 0 Å². The van der Waals surface area contributed by atoms with E-state index in [9.17, 15) is 10.5 Å². The standard InChI is InChI=1S/C56H34N4.C52H32N4/c57-35-36-29-40(39-23-24-51-49-15-4-3-13-47(49)48-14-5-6-16-50(48)52(51)32-39)31-42(30-36)44-26-25-43(45-11-1-2-12-46(44)45)38-21-19-37(20-22-38)41-33-55(53-17-7-9-27-58-53)60-56(34-41)54-18-8-10-28-59-54;53-33-34-27-39(29-40(28-34)48-30-37-11-1-2-12-41(37)44-13-5-6-16-47(44)48)43-24-23-42(45-14-3-4-15-46(43)45)36-21-19-35(20-22-36)38-31-51(49-17-7-9-25-54-49)56-52(32-38)50-18-8-10-26-55-50/h1-34H;1-32H. The molecule has 0 atom stereocenters. The molecule has 0 N–H and O–H groups in total. The van der Waals surface area contributed by atoms with Crippen molar-refractivity contribution in [3.05, 3.63) is 412 Å². The second kappa shape index (κ2) is 30.0. The molecule has 6 aromatic heterocycles. The fraction of sp³-hybridized carbons (Fsp3) is 0. The van der Waals surface area contributed by atoms with Crippen LogP contribution >= 0.6 is 0 Å². The molecule has 538 valence electrons. The first-order chi connectivity index (χ1) is 57.4. The molecule has 0 radical (unpaired) electrons. The molecule has 21 aromatic rings. The first-order valence-corrected chi connectivity index (χ1v) is 38.7. The molecule has 0 fully saturated rings. The van der Waals surface area contributed by atoms with Crippen molar-refractivity contribution in [2.45, 2.75) is 0 Å². The number of nitriles is 2. The van der Waals surface area contributed by atoms with Gasteiger partial charge in [-0.2, -0.15) is 10.5 Å². The maximum absolute atomic E-state index is 10.3. The highest BCUT2D eigenvalue weighted by atomic mass is 14.8. The average molecular weight is 1480 g/mol. The summed E-state index contributed by atoms with van der Waals surface area (Å²) in [4.78, 5) is 28.3. The van der Waals surface area contributed by atoms with E-state index < -0.39 is 0 Å². The molecule has 8 nitrogen and oxygen atoms in total. The average Bonchev–Trinajstić information content (AvgIpc) is 0.748. The van der Waals surface area contributed by atoms with Crippen molar-refractivity contribution < 1.29 is 0 Å². The molecule has 0 bridgehead atoms. The lowest BCUT2D eigenvalue weighted by Crippen LogP contribution is -1.94. The van der Waals surface area contributed by atoms with Crippen molar-refractivity contribution in [3.63, 3.8) is 0 Å². The van der Waals surface area contributed by atoms with Crippen LogP contribution in [0, 0.1) is 22.7 Å². The Morgan fingerprint density at radius 1 is 0.164 bits per heavy atom. The molecule has 6 heterocycles. The van der Waals surface area contributed by atoms with Crippen LogP contribution in [0.1, 0.15) is 11.1 Å². The van der Waals surface area contributed by atoms with E-state index in [1.54, 1.807) is 24.8 Å². The van der Waals surface area contributed by atoms with Crippen LogP contribution in [0.25, 0.3) is 210 Å². The third kappa shape index (κ3) is 13.1. The van der Waals surface area contributed by atoms with Gasteiger partial charge in [-0.3, -0.25) is 19.9 Å². The first-order valence-electron chi connectivity index (χ1n) is 38.7. The summed E-state index contributed by atoms with van der Waals surface area (Å²) in [5.74, 6) is 0. The highest BCUT2D eigenvalue weighted by Crippen LogP contribution is 2.45. The molecule has 0 aliphatic heterocycles. The molecule has 0 aliphatic carbocycles. The van der Waals surface area contributed by atoms with Gasteiger partial charge in [0.15, 0.2) is 0 Å². The first kappa shape index (κ1) is 69.2. The molecule has 116 heavy (non-hydrogen) atoms. The molecule has 0 spiro atoms. The molecule has 21 rings (SSSR count). The maximum Gasteiger partial charge on any atom is 0.0992 e. The number of hydrogen-bond donors (Lipinski definition) is 0. The Kier molecular flexibility index (Phi) is 17.9. The lowest BCUT2D eigenvalue weighted by molar-refractivity contribution is 1.22. The van der Waals surface area contributed by atoms with Crippen LogP contribution < -0.4 is 0 Å². The van der Waals surface area contributed by atoms with Gasteiger partial charge in [0.1, 0.15) is 0 Å². The van der Waals surface area contributed by atoms with E-state index in [1.807, 2.05) is 97.1 Å². The highest BCUT2D eigenvalue weighted by molar-refractivity contribution is 6.26. The van der Waals surface area contributed by atoms with Gasteiger partial charge in [-0.05, 0) is 286 Å². The molecule has 0 unspecified atom stereocenters. The summed E-state index contributed by atoms with van der Waals surface area (Å²) in [6, 6.07) is 136. The van der Waals surface area contributed by atoms with Crippen LogP contribution in [-0.4, -0.2) is 29.9 Å². The van der Waals surface area contributed by atoms with Crippen LogP contribution in [0.4, 0.5) is 0 Å². The predicted octanol–water partition coefficient (Wildman–Crippen LogP) is 27.6. The highest BCUT2D eigenvalue weighted by Gasteiger charge is 2.20. The van der Waals surface area contributed by atoms with Crippen LogP contribution in [0.5, 0.6) is 0 Å². The number of rotatable bonds is 12. The predicted molar refractivity (Wildman–Crippen MR) is 477 cm³/mol. The fourth-order valence-corrected chi connectivity index (χ4v) is 16.7. The van der Waals surface area contributed by atoms with Gasteiger partial charge in [-0.25, -0.2) is 9.97 Å². The van der Waals surface area contributed by atoms with Crippen LogP contribution in [0.2, 0.25) is 0 Å². The quantitative estimate of drug-likeness (QED) is 0.111. The zero-order valence-electron chi connectivity index (χ0n) is 62.7. The van der Waals surface area contributed by atoms with Crippen molar-refractivity contribution in [2.75, 3.05) is 0 Å². The second-order valence-corrected chi connectivity index (χ2v) is 29.0. The van der Waals surface area contributed by atoms with Crippen LogP contribution in [0.15, 0.2) is 401 Å². The number of fused-ring (bicyclic) bond motifs is 11. The SMILES string of the molecule is N#Cc1cc(-c2ccc(-c3ccc(-c4cc(-c5ccccn5)nc(-c5ccccn5)c4)cc3)c3ccccc23)cc(-c2cc3ccccc3c3ccccc23)c1.N#Cc1cc(-c2ccc3c4ccccc4c4ccccc4c3c2)cc(-c2ccc(-c3ccc(-c4cc(-c5ccccn5)nc(-c5ccccn5)c4)cc3)c3ccccc23)c1. The topological polar surface area (TPSA) is 125 Å². The van der Waals surface area contributed by atoms with Crippen molar-refractivity contribution >= 4 is 75.4 Å². The van der Waals surface area contributed by atoms with Crippen molar-refractivity contribution in [1.82, 2.24) is 29.9 Å². The Balaban J connectivity index is 0.000000150. The molecule has 0 aliphatic rings. The van der Waals surface area contributed by atoms with Crippen LogP contribution in [0.3, 0.4) is 0 Å². The Labute approximate surface area is 670 Å². The molecule has 0 saturated carbocycles. The lowest BCUT2D eigenvalue weighted by Gasteiger charge is -2.15. The van der Waals surface area contributed by atoms with Gasteiger partial charge in [0.2, 0.25) is 0 Å². The molecule has 0 amide bonds. The number of aromatic nitrogens is 6. The minimum Gasteiger partial charge on any atom is -0.255 e. The summed E-state index contributed by atoms with van der Waals surface area (Å²) in [6.45, 7) is 0. The van der Waals surface area contributed by atoms with E-state index in [-0.39, 0.29) is 0 Å². The minimum atomic E-state index is 0.628. The van der Waals surface area contributed by atoms with Crippen molar-refractivity contribution in [3.8, 4) is 147 Å².